The Morgan fingerprint density at radius 2 is 2.13 bits per heavy atom. The number of aliphatic hydroxyl groups is 1. The molecule has 3 rings (SSSR count). The number of amides is 1. The average Bonchev–Trinajstić information content (AvgIpc) is 3.37. The van der Waals surface area contributed by atoms with Gasteiger partial charge in [-0.1, -0.05) is 6.92 Å². The molecule has 2 atom stereocenters. The van der Waals surface area contributed by atoms with Crippen LogP contribution >= 0.6 is 0 Å². The van der Waals surface area contributed by atoms with Gasteiger partial charge in [0.15, 0.2) is 0 Å². The van der Waals surface area contributed by atoms with Crippen LogP contribution in [0.5, 0.6) is 0 Å². The highest BCUT2D eigenvalue weighted by molar-refractivity contribution is 6.06. The van der Waals surface area contributed by atoms with Gasteiger partial charge in [-0.2, -0.15) is 0 Å². The Hall–Kier alpha value is -2.01. The normalized spacial score (nSPS) is 17.0. The molecule has 1 aliphatic rings. The van der Waals surface area contributed by atoms with E-state index in [0.29, 0.717) is 22.4 Å². The van der Waals surface area contributed by atoms with Gasteiger partial charge in [0.1, 0.15) is 5.82 Å². The molecule has 1 aromatic heterocycles. The van der Waals surface area contributed by atoms with Gasteiger partial charge in [-0.25, -0.2) is 4.39 Å². The fourth-order valence-corrected chi connectivity index (χ4v) is 2.58. The maximum absolute atomic E-state index is 13.6. The SMILES string of the molecule is CC(CO)C(C)NC(=O)c1cc(C2CC2)nc2ccc(F)cc12. The van der Waals surface area contributed by atoms with Crippen LogP contribution in [-0.4, -0.2) is 28.6 Å². The minimum atomic E-state index is -0.385. The van der Waals surface area contributed by atoms with Crippen molar-refractivity contribution in [3.05, 3.63) is 41.3 Å². The van der Waals surface area contributed by atoms with Crippen molar-refractivity contribution in [2.45, 2.75) is 38.6 Å². The molecule has 1 fully saturated rings. The number of halogens is 1. The number of carbonyl (C=O) groups excluding carboxylic acids is 1. The van der Waals surface area contributed by atoms with E-state index < -0.39 is 0 Å². The summed E-state index contributed by atoms with van der Waals surface area (Å²) in [6.45, 7) is 3.72. The number of aromatic nitrogens is 1. The third kappa shape index (κ3) is 3.34. The van der Waals surface area contributed by atoms with E-state index in [4.69, 9.17) is 0 Å². The third-order valence-corrected chi connectivity index (χ3v) is 4.53. The molecular formula is C18H21FN2O2. The summed E-state index contributed by atoms with van der Waals surface area (Å²) in [5.74, 6) is -0.279. The zero-order valence-corrected chi connectivity index (χ0v) is 13.3. The van der Waals surface area contributed by atoms with Gasteiger partial charge >= 0.3 is 0 Å². The predicted octanol–water partition coefficient (Wildman–Crippen LogP) is 3.00. The standard InChI is InChI=1S/C18H21FN2O2/c1-10(9-22)11(2)20-18(23)15-8-17(12-3-4-12)21-16-6-5-13(19)7-14(15)16/h5-8,10-12,22H,3-4,9H2,1-2H3,(H,20,23). The summed E-state index contributed by atoms with van der Waals surface area (Å²) in [6, 6.07) is 5.95. The van der Waals surface area contributed by atoms with Gasteiger partial charge < -0.3 is 10.4 Å². The molecule has 2 aromatic rings. The zero-order chi connectivity index (χ0) is 16.6. The van der Waals surface area contributed by atoms with Crippen LogP contribution in [0.1, 0.15) is 48.7 Å². The van der Waals surface area contributed by atoms with Gasteiger partial charge in [0, 0.05) is 29.6 Å². The second-order valence-electron chi connectivity index (χ2n) is 6.45. The molecular weight excluding hydrogens is 295 g/mol. The Morgan fingerprint density at radius 1 is 1.39 bits per heavy atom. The molecule has 1 aliphatic carbocycles. The van der Waals surface area contributed by atoms with E-state index in [-0.39, 0.29) is 30.3 Å². The van der Waals surface area contributed by atoms with Gasteiger partial charge in [-0.15, -0.1) is 0 Å². The summed E-state index contributed by atoms with van der Waals surface area (Å²) in [7, 11) is 0. The zero-order valence-electron chi connectivity index (χ0n) is 13.3. The van der Waals surface area contributed by atoms with Crippen LogP contribution in [0, 0.1) is 11.7 Å². The van der Waals surface area contributed by atoms with Crippen LogP contribution in [0.15, 0.2) is 24.3 Å². The maximum Gasteiger partial charge on any atom is 0.252 e. The fourth-order valence-electron chi connectivity index (χ4n) is 2.58. The first-order valence-electron chi connectivity index (χ1n) is 8.01. The van der Waals surface area contributed by atoms with Gasteiger partial charge in [0.2, 0.25) is 0 Å². The minimum absolute atomic E-state index is 0.000488. The molecule has 0 radical (unpaired) electrons. The van der Waals surface area contributed by atoms with E-state index in [1.807, 2.05) is 13.8 Å². The summed E-state index contributed by atoms with van der Waals surface area (Å²) in [5, 5.41) is 12.6. The maximum atomic E-state index is 13.6. The second-order valence-corrected chi connectivity index (χ2v) is 6.45. The predicted molar refractivity (Wildman–Crippen MR) is 86.9 cm³/mol. The Labute approximate surface area is 134 Å². The quantitative estimate of drug-likeness (QED) is 0.891. The smallest absolute Gasteiger partial charge is 0.252 e. The number of carbonyl (C=O) groups is 1. The van der Waals surface area contributed by atoms with E-state index in [1.54, 1.807) is 12.1 Å². The van der Waals surface area contributed by atoms with Crippen molar-refractivity contribution >= 4 is 16.8 Å². The molecule has 1 aromatic carbocycles. The van der Waals surface area contributed by atoms with Crippen LogP contribution in [0.3, 0.4) is 0 Å². The van der Waals surface area contributed by atoms with Crippen molar-refractivity contribution < 1.29 is 14.3 Å². The summed E-state index contributed by atoms with van der Waals surface area (Å²) in [5.41, 5.74) is 1.99. The third-order valence-electron chi connectivity index (χ3n) is 4.53. The van der Waals surface area contributed by atoms with Crippen molar-refractivity contribution in [3.8, 4) is 0 Å². The number of benzene rings is 1. The molecule has 1 saturated carbocycles. The minimum Gasteiger partial charge on any atom is -0.396 e. The van der Waals surface area contributed by atoms with Crippen LogP contribution in [0.4, 0.5) is 4.39 Å². The average molecular weight is 316 g/mol. The van der Waals surface area contributed by atoms with Crippen molar-refractivity contribution in [1.29, 1.82) is 0 Å². The number of rotatable bonds is 5. The summed E-state index contributed by atoms with van der Waals surface area (Å²) >= 11 is 0. The van der Waals surface area contributed by atoms with Gasteiger partial charge in [-0.3, -0.25) is 9.78 Å². The van der Waals surface area contributed by atoms with Crippen molar-refractivity contribution in [2.75, 3.05) is 6.61 Å². The number of hydrogen-bond donors (Lipinski definition) is 2. The molecule has 0 saturated heterocycles. The number of nitrogens with one attached hydrogen (secondary N) is 1. The Kier molecular flexibility index (Phi) is 4.31. The number of nitrogens with zero attached hydrogens (tertiary/aromatic N) is 1. The van der Waals surface area contributed by atoms with Crippen molar-refractivity contribution in [3.63, 3.8) is 0 Å². The number of aliphatic hydroxyl groups excluding tert-OH is 1. The van der Waals surface area contributed by atoms with Crippen LogP contribution in [0.25, 0.3) is 10.9 Å². The molecule has 4 nitrogen and oxygen atoms in total. The highest BCUT2D eigenvalue weighted by Gasteiger charge is 2.27. The van der Waals surface area contributed by atoms with Crippen LogP contribution < -0.4 is 5.32 Å². The molecule has 2 N–H and O–H groups in total. The van der Waals surface area contributed by atoms with E-state index in [1.165, 1.54) is 12.1 Å². The first-order chi connectivity index (χ1) is 11.0. The Bertz CT molecular complexity index is 743. The van der Waals surface area contributed by atoms with Gasteiger partial charge in [-0.05, 0) is 49.9 Å². The number of hydrogen-bond acceptors (Lipinski definition) is 3. The van der Waals surface area contributed by atoms with Crippen molar-refractivity contribution in [2.24, 2.45) is 5.92 Å². The fraction of sp³-hybridized carbons (Fsp3) is 0.444. The van der Waals surface area contributed by atoms with E-state index in [2.05, 4.69) is 10.3 Å². The summed E-state index contributed by atoms with van der Waals surface area (Å²) < 4.78 is 13.6. The van der Waals surface area contributed by atoms with Gasteiger partial charge in [0.25, 0.3) is 5.91 Å². The first kappa shape index (κ1) is 15.9. The Morgan fingerprint density at radius 3 is 2.78 bits per heavy atom. The summed E-state index contributed by atoms with van der Waals surface area (Å²) in [6.07, 6.45) is 2.16. The lowest BCUT2D eigenvalue weighted by Gasteiger charge is -2.20. The molecule has 5 heteroatoms. The summed E-state index contributed by atoms with van der Waals surface area (Å²) in [4.78, 5) is 17.2. The number of pyridine rings is 1. The lowest BCUT2D eigenvalue weighted by molar-refractivity contribution is 0.0918. The van der Waals surface area contributed by atoms with Gasteiger partial charge in [0.05, 0.1) is 11.1 Å². The largest absolute Gasteiger partial charge is 0.396 e. The molecule has 0 bridgehead atoms. The number of fused-ring (bicyclic) bond motifs is 1. The van der Waals surface area contributed by atoms with Crippen molar-refractivity contribution in [1.82, 2.24) is 10.3 Å². The van der Waals surface area contributed by atoms with Crippen LogP contribution in [-0.2, 0) is 0 Å². The Balaban J connectivity index is 2.00. The molecule has 1 amide bonds. The lowest BCUT2D eigenvalue weighted by Crippen LogP contribution is -2.38. The highest BCUT2D eigenvalue weighted by Crippen LogP contribution is 2.40. The lowest BCUT2D eigenvalue weighted by atomic mass is 10.0. The molecule has 0 aliphatic heterocycles. The molecule has 0 spiro atoms. The topological polar surface area (TPSA) is 62.2 Å². The monoisotopic (exact) mass is 316 g/mol. The van der Waals surface area contributed by atoms with Crippen LogP contribution in [0.2, 0.25) is 0 Å². The first-order valence-corrected chi connectivity index (χ1v) is 8.01. The van der Waals surface area contributed by atoms with E-state index in [0.717, 1.165) is 18.5 Å². The second kappa shape index (κ2) is 6.24. The van der Waals surface area contributed by atoms with E-state index in [9.17, 15) is 14.3 Å². The highest BCUT2D eigenvalue weighted by atomic mass is 19.1. The van der Waals surface area contributed by atoms with E-state index >= 15 is 0 Å². The molecule has 23 heavy (non-hydrogen) atoms. The molecule has 1 heterocycles. The molecule has 122 valence electrons. The molecule has 2 unspecified atom stereocenters.